The van der Waals surface area contributed by atoms with Crippen LogP contribution in [0.1, 0.15) is 23.2 Å². The standard InChI is InChI=1S/C15H17BBrN2O2/c16-19-6-9-1-11(7-19)14(12(2-9)8-19)21-15(20)10-3-13(17)5-18-4-10/h3-5,9,11-12,14H,1-2,6-8H2/q+1. The fraction of sp³-hybridized carbons (Fsp3) is 0.600. The lowest BCUT2D eigenvalue weighted by Gasteiger charge is -2.59. The van der Waals surface area contributed by atoms with E-state index in [1.165, 1.54) is 0 Å². The predicted molar refractivity (Wildman–Crippen MR) is 81.5 cm³/mol. The zero-order valence-electron chi connectivity index (χ0n) is 11.7. The topological polar surface area (TPSA) is 39.2 Å². The van der Waals surface area contributed by atoms with Gasteiger partial charge in [-0.3, -0.25) is 4.98 Å². The number of carbonyl (C=O) groups is 1. The molecule has 0 aromatic carbocycles. The van der Waals surface area contributed by atoms with E-state index in [0.717, 1.165) is 42.9 Å². The third-order valence-corrected chi connectivity index (χ3v) is 5.64. The van der Waals surface area contributed by atoms with Crippen molar-refractivity contribution >= 4 is 29.9 Å². The lowest BCUT2D eigenvalue weighted by molar-refractivity contribution is -0.852. The van der Waals surface area contributed by atoms with E-state index in [0.29, 0.717) is 21.8 Å². The van der Waals surface area contributed by atoms with Gasteiger partial charge in [0, 0.05) is 34.6 Å². The average molecular weight is 348 g/mol. The van der Waals surface area contributed by atoms with Crippen LogP contribution in [0.5, 0.6) is 0 Å². The summed E-state index contributed by atoms with van der Waals surface area (Å²) in [6.45, 7) is 2.99. The molecule has 1 saturated carbocycles. The quantitative estimate of drug-likeness (QED) is 0.606. The summed E-state index contributed by atoms with van der Waals surface area (Å²) in [4.78, 5) is 16.4. The second kappa shape index (κ2) is 4.81. The molecule has 3 aliphatic heterocycles. The van der Waals surface area contributed by atoms with E-state index >= 15 is 0 Å². The molecule has 2 unspecified atom stereocenters. The van der Waals surface area contributed by atoms with Crippen LogP contribution in [0.15, 0.2) is 22.9 Å². The monoisotopic (exact) mass is 347 g/mol. The third-order valence-electron chi connectivity index (χ3n) is 5.20. The molecule has 3 saturated heterocycles. The first-order valence-electron chi connectivity index (χ1n) is 7.49. The number of halogens is 1. The summed E-state index contributed by atoms with van der Waals surface area (Å²) in [5.74, 6) is 1.30. The number of hydrogen-bond donors (Lipinski definition) is 0. The smallest absolute Gasteiger partial charge is 0.458 e. The van der Waals surface area contributed by atoms with Gasteiger partial charge >= 0.3 is 14.0 Å². The predicted octanol–water partition coefficient (Wildman–Crippen LogP) is 1.94. The van der Waals surface area contributed by atoms with Crippen LogP contribution in [0, 0.1) is 17.8 Å². The molecular formula is C15H17BBrN2O2+. The Kier molecular flexibility index (Phi) is 3.16. The van der Waals surface area contributed by atoms with Crippen LogP contribution in [0.2, 0.25) is 0 Å². The molecule has 108 valence electrons. The van der Waals surface area contributed by atoms with Crippen LogP contribution in [-0.2, 0) is 4.74 Å². The number of nitrogens with zero attached hydrogens (tertiary/aromatic N) is 2. The van der Waals surface area contributed by atoms with Crippen molar-refractivity contribution in [2.24, 2.45) is 17.8 Å². The molecule has 1 aliphatic carbocycles. The van der Waals surface area contributed by atoms with E-state index in [1.54, 1.807) is 18.5 Å². The number of ether oxygens (including phenoxy) is 1. The zero-order valence-corrected chi connectivity index (χ0v) is 13.3. The van der Waals surface area contributed by atoms with Crippen molar-refractivity contribution in [2.45, 2.75) is 18.9 Å². The summed E-state index contributed by atoms with van der Waals surface area (Å²) >= 11 is 3.34. The Bertz CT molecular complexity index is 581. The highest BCUT2D eigenvalue weighted by molar-refractivity contribution is 9.10. The molecular weight excluding hydrogens is 331 g/mol. The van der Waals surface area contributed by atoms with E-state index in [9.17, 15) is 4.79 Å². The minimum absolute atomic E-state index is 0.0304. The van der Waals surface area contributed by atoms with Crippen molar-refractivity contribution in [1.82, 2.24) is 4.98 Å². The summed E-state index contributed by atoms with van der Waals surface area (Å²) < 4.78 is 7.33. The number of esters is 1. The normalized spacial score (nSPS) is 40.2. The van der Waals surface area contributed by atoms with Crippen LogP contribution in [0.25, 0.3) is 0 Å². The summed E-state index contributed by atoms with van der Waals surface area (Å²) in [5, 5.41) is 0. The van der Waals surface area contributed by atoms with Crippen LogP contribution < -0.4 is 0 Å². The largest absolute Gasteiger partial charge is 0.481 e. The van der Waals surface area contributed by atoms with E-state index in [-0.39, 0.29) is 12.1 Å². The molecule has 0 N–H and O–H groups in total. The molecule has 1 aromatic heterocycles. The Hall–Kier alpha value is -0.875. The Morgan fingerprint density at radius 1 is 1.29 bits per heavy atom. The molecule has 6 heteroatoms. The third kappa shape index (κ3) is 2.42. The molecule has 4 fully saturated rings. The average Bonchev–Trinajstić information content (AvgIpc) is 2.41. The highest BCUT2D eigenvalue weighted by Gasteiger charge is 2.55. The van der Waals surface area contributed by atoms with Gasteiger partial charge < -0.3 is 9.13 Å². The van der Waals surface area contributed by atoms with Gasteiger partial charge in [-0.25, -0.2) is 4.79 Å². The number of hydrogen-bond acceptors (Lipinski definition) is 3. The van der Waals surface area contributed by atoms with E-state index in [2.05, 4.69) is 20.9 Å². The van der Waals surface area contributed by atoms with Crippen molar-refractivity contribution in [2.75, 3.05) is 19.6 Å². The van der Waals surface area contributed by atoms with Crippen molar-refractivity contribution in [3.05, 3.63) is 28.5 Å². The minimum Gasteiger partial charge on any atom is -0.458 e. The first-order valence-corrected chi connectivity index (χ1v) is 8.28. The first-order chi connectivity index (χ1) is 10.0. The Morgan fingerprint density at radius 2 is 2.00 bits per heavy atom. The van der Waals surface area contributed by atoms with Gasteiger partial charge in [-0.1, -0.05) is 0 Å². The molecule has 0 spiro atoms. The molecule has 4 bridgehead atoms. The van der Waals surface area contributed by atoms with Gasteiger partial charge in [-0.2, -0.15) is 0 Å². The highest BCUT2D eigenvalue weighted by atomic mass is 79.9. The summed E-state index contributed by atoms with van der Waals surface area (Å²) in [5.41, 5.74) is 0.509. The number of aromatic nitrogens is 1. The van der Waals surface area contributed by atoms with Crippen LogP contribution in [0.4, 0.5) is 0 Å². The molecule has 4 aliphatic rings. The SMILES string of the molecule is [B][N+]12CC3CC(C1)C(OC(=O)c1cncc(Br)c1)C(C3)C2. The molecule has 21 heavy (non-hydrogen) atoms. The number of pyridine rings is 1. The fourth-order valence-electron chi connectivity index (χ4n) is 4.69. The summed E-state index contributed by atoms with van der Waals surface area (Å²) in [6.07, 6.45) is 5.56. The van der Waals surface area contributed by atoms with Gasteiger partial charge in [0.1, 0.15) is 6.10 Å². The molecule has 1 aromatic rings. The second-order valence-corrected chi connectivity index (χ2v) is 7.80. The van der Waals surface area contributed by atoms with Gasteiger partial charge in [0.25, 0.3) is 0 Å². The highest BCUT2D eigenvalue weighted by Crippen LogP contribution is 2.47. The Morgan fingerprint density at radius 3 is 2.62 bits per heavy atom. The first kappa shape index (κ1) is 13.8. The van der Waals surface area contributed by atoms with Gasteiger partial charge in [-0.05, 0) is 34.8 Å². The molecule has 4 nitrogen and oxygen atoms in total. The van der Waals surface area contributed by atoms with Crippen LogP contribution in [-0.4, -0.2) is 49.1 Å². The van der Waals surface area contributed by atoms with E-state index in [4.69, 9.17) is 12.7 Å². The van der Waals surface area contributed by atoms with Crippen LogP contribution >= 0.6 is 15.9 Å². The molecule has 2 atom stereocenters. The van der Waals surface area contributed by atoms with Gasteiger partial charge in [-0.15, -0.1) is 0 Å². The van der Waals surface area contributed by atoms with E-state index < -0.39 is 0 Å². The van der Waals surface area contributed by atoms with Gasteiger partial charge in [0.05, 0.1) is 25.2 Å². The van der Waals surface area contributed by atoms with Gasteiger partial charge in [0.2, 0.25) is 0 Å². The van der Waals surface area contributed by atoms with Crippen molar-refractivity contribution in [3.63, 3.8) is 0 Å². The molecule has 4 heterocycles. The van der Waals surface area contributed by atoms with Crippen molar-refractivity contribution in [3.8, 4) is 0 Å². The Labute approximate surface area is 134 Å². The maximum Gasteiger partial charge on any atom is 0.481 e. The second-order valence-electron chi connectivity index (χ2n) is 6.89. The number of piperidine rings is 3. The number of rotatable bonds is 2. The number of carbonyl (C=O) groups excluding carboxylic acids is 1. The fourth-order valence-corrected chi connectivity index (χ4v) is 5.06. The minimum atomic E-state index is -0.264. The van der Waals surface area contributed by atoms with Crippen molar-refractivity contribution < 1.29 is 13.9 Å². The van der Waals surface area contributed by atoms with Crippen LogP contribution in [0.3, 0.4) is 0 Å². The maximum absolute atomic E-state index is 12.3. The number of quaternary nitrogens is 1. The zero-order chi connectivity index (χ0) is 14.6. The lowest BCUT2D eigenvalue weighted by Crippen LogP contribution is -2.69. The molecule has 2 radical (unpaired) electrons. The van der Waals surface area contributed by atoms with E-state index in [1.807, 2.05) is 0 Å². The van der Waals surface area contributed by atoms with Gasteiger partial charge in [0.15, 0.2) is 0 Å². The summed E-state index contributed by atoms with van der Waals surface area (Å²) in [6, 6.07) is 1.76. The molecule has 5 rings (SSSR count). The Balaban J connectivity index is 1.52. The lowest BCUT2D eigenvalue weighted by atomic mass is 9.63. The van der Waals surface area contributed by atoms with Crippen molar-refractivity contribution in [1.29, 1.82) is 0 Å². The maximum atomic E-state index is 12.3. The molecule has 0 amide bonds. The summed E-state index contributed by atoms with van der Waals surface area (Å²) in [7, 11) is 6.43.